The summed E-state index contributed by atoms with van der Waals surface area (Å²) in [5.74, 6) is -0.248. The van der Waals surface area contributed by atoms with Gasteiger partial charge in [-0.15, -0.1) is 23.2 Å². The molecule has 0 heterocycles. The van der Waals surface area contributed by atoms with Crippen molar-refractivity contribution in [2.45, 2.75) is 11.8 Å². The van der Waals surface area contributed by atoms with Gasteiger partial charge in [0.05, 0.1) is 0 Å². The van der Waals surface area contributed by atoms with Crippen LogP contribution in [-0.2, 0) is 11.8 Å². The van der Waals surface area contributed by atoms with E-state index in [9.17, 15) is 8.78 Å². The van der Waals surface area contributed by atoms with E-state index in [1.807, 2.05) is 0 Å². The van der Waals surface area contributed by atoms with Crippen LogP contribution in [0, 0.1) is 11.6 Å². The van der Waals surface area contributed by atoms with Crippen molar-refractivity contribution in [3.8, 4) is 0 Å². The third-order valence-corrected chi connectivity index (χ3v) is 5.28. The van der Waals surface area contributed by atoms with Crippen LogP contribution in [0.1, 0.15) is 11.1 Å². The van der Waals surface area contributed by atoms with Crippen molar-refractivity contribution in [1.29, 1.82) is 0 Å². The predicted molar refractivity (Wildman–Crippen MR) is 87.3 cm³/mol. The van der Waals surface area contributed by atoms with E-state index < -0.39 is 5.41 Å². The molecule has 0 saturated carbocycles. The molecule has 0 aliphatic heterocycles. The van der Waals surface area contributed by atoms with Crippen LogP contribution in [0.4, 0.5) is 8.78 Å². The summed E-state index contributed by atoms with van der Waals surface area (Å²) in [7, 11) is 0. The first-order valence-corrected chi connectivity index (χ1v) is 8.19. The van der Waals surface area contributed by atoms with Gasteiger partial charge in [-0.25, -0.2) is 8.78 Å². The quantitative estimate of drug-likeness (QED) is 0.572. The summed E-state index contributed by atoms with van der Waals surface area (Å²) in [5.41, 5.74) is 0.811. The van der Waals surface area contributed by atoms with E-state index in [2.05, 4.69) is 15.9 Å². The number of halogens is 5. The second-order valence-corrected chi connectivity index (χ2v) is 6.36. The molecule has 0 N–H and O–H groups in total. The fourth-order valence-electron chi connectivity index (χ4n) is 2.25. The van der Waals surface area contributed by atoms with Gasteiger partial charge in [0, 0.05) is 21.6 Å². The Morgan fingerprint density at radius 3 is 2.24 bits per heavy atom. The summed E-state index contributed by atoms with van der Waals surface area (Å²) >= 11 is 15.7. The average Bonchev–Trinajstić information content (AvgIpc) is 2.48. The molecule has 2 aromatic rings. The molecule has 21 heavy (non-hydrogen) atoms. The molecule has 0 bridgehead atoms. The van der Waals surface area contributed by atoms with Gasteiger partial charge in [-0.2, -0.15) is 0 Å². The lowest BCUT2D eigenvalue weighted by Gasteiger charge is -2.31. The predicted octanol–water partition coefficient (Wildman–Crippen LogP) is 5.69. The zero-order valence-electron chi connectivity index (χ0n) is 11.1. The highest BCUT2D eigenvalue weighted by atomic mass is 79.9. The van der Waals surface area contributed by atoms with E-state index in [0.29, 0.717) is 12.0 Å². The normalized spacial score (nSPS) is 11.7. The van der Waals surface area contributed by atoms with Crippen molar-refractivity contribution < 1.29 is 8.78 Å². The largest absolute Gasteiger partial charge is 0.207 e. The Morgan fingerprint density at radius 2 is 1.62 bits per heavy atom. The molecular weight excluding hydrogens is 381 g/mol. The van der Waals surface area contributed by atoms with Gasteiger partial charge < -0.3 is 0 Å². The number of alkyl halides is 2. The van der Waals surface area contributed by atoms with Crippen LogP contribution in [0.25, 0.3) is 0 Å². The van der Waals surface area contributed by atoms with Crippen molar-refractivity contribution in [3.63, 3.8) is 0 Å². The van der Waals surface area contributed by atoms with Gasteiger partial charge in [0.15, 0.2) is 0 Å². The molecule has 0 spiro atoms. The van der Waals surface area contributed by atoms with Crippen LogP contribution in [0.3, 0.4) is 0 Å². The second-order valence-electron chi connectivity index (χ2n) is 4.97. The lowest BCUT2D eigenvalue weighted by Crippen LogP contribution is -2.33. The van der Waals surface area contributed by atoms with Crippen LogP contribution in [-0.4, -0.2) is 11.8 Å². The van der Waals surface area contributed by atoms with E-state index >= 15 is 0 Å². The molecule has 0 amide bonds. The highest BCUT2D eigenvalue weighted by molar-refractivity contribution is 9.10. The highest BCUT2D eigenvalue weighted by Gasteiger charge is 2.32. The van der Waals surface area contributed by atoms with E-state index in [-0.39, 0.29) is 23.4 Å². The van der Waals surface area contributed by atoms with Crippen molar-refractivity contribution in [2.75, 3.05) is 11.8 Å². The summed E-state index contributed by atoms with van der Waals surface area (Å²) in [6.45, 7) is 0. The molecule has 0 atom stereocenters. The highest BCUT2D eigenvalue weighted by Crippen LogP contribution is 2.34. The molecule has 0 aliphatic carbocycles. The smallest absolute Gasteiger partial charge is 0.123 e. The monoisotopic (exact) mass is 392 g/mol. The summed E-state index contributed by atoms with van der Waals surface area (Å²) in [6, 6.07) is 10.7. The van der Waals surface area contributed by atoms with Gasteiger partial charge >= 0.3 is 0 Å². The topological polar surface area (TPSA) is 0 Å². The van der Waals surface area contributed by atoms with Crippen LogP contribution in [0.2, 0.25) is 0 Å². The lowest BCUT2D eigenvalue weighted by molar-refractivity contribution is 0.524. The Kier molecular flexibility index (Phi) is 5.64. The minimum atomic E-state index is -0.651. The Morgan fingerprint density at radius 1 is 0.952 bits per heavy atom. The van der Waals surface area contributed by atoms with Crippen molar-refractivity contribution in [3.05, 3.63) is 69.7 Å². The Bertz CT molecular complexity index is 627. The molecule has 0 unspecified atom stereocenters. The molecule has 2 aromatic carbocycles. The van der Waals surface area contributed by atoms with Crippen molar-refractivity contribution in [1.82, 2.24) is 0 Å². The number of hydrogen-bond acceptors (Lipinski definition) is 0. The molecule has 0 nitrogen and oxygen atoms in total. The van der Waals surface area contributed by atoms with Gasteiger partial charge in [0.2, 0.25) is 0 Å². The second kappa shape index (κ2) is 7.08. The van der Waals surface area contributed by atoms with E-state index in [0.717, 1.165) is 10.0 Å². The zero-order valence-corrected chi connectivity index (χ0v) is 14.2. The Labute approximate surface area is 141 Å². The number of hydrogen-bond donors (Lipinski definition) is 0. The maximum absolute atomic E-state index is 13.5. The summed E-state index contributed by atoms with van der Waals surface area (Å²) in [5, 5.41) is 0. The Hall–Kier alpha value is -0.640. The molecule has 5 heteroatoms. The van der Waals surface area contributed by atoms with Crippen LogP contribution in [0.5, 0.6) is 0 Å². The molecule has 0 radical (unpaired) electrons. The third-order valence-electron chi connectivity index (χ3n) is 3.49. The fraction of sp³-hybridized carbons (Fsp3) is 0.250. The molecular formula is C16H13BrCl2F2. The van der Waals surface area contributed by atoms with E-state index in [1.54, 1.807) is 18.2 Å². The zero-order chi connectivity index (χ0) is 15.5. The number of benzene rings is 2. The van der Waals surface area contributed by atoms with Gasteiger partial charge in [-0.05, 0) is 47.9 Å². The molecule has 0 saturated heterocycles. The van der Waals surface area contributed by atoms with E-state index in [4.69, 9.17) is 23.2 Å². The minimum absolute atomic E-state index is 0.211. The fourth-order valence-corrected chi connectivity index (χ4v) is 3.42. The molecule has 2 rings (SSSR count). The van der Waals surface area contributed by atoms with Gasteiger partial charge in [-0.1, -0.05) is 28.1 Å². The summed E-state index contributed by atoms with van der Waals surface area (Å²) in [6.07, 6.45) is 0.418. The Balaban J connectivity index is 2.45. The van der Waals surface area contributed by atoms with Gasteiger partial charge in [-0.3, -0.25) is 0 Å². The van der Waals surface area contributed by atoms with Gasteiger partial charge in [0.25, 0.3) is 0 Å². The van der Waals surface area contributed by atoms with Crippen LogP contribution in [0.15, 0.2) is 46.9 Å². The standard InChI is InChI=1S/C16H13BrCl2F2/c17-15-5-4-14(21)6-11(15)8-16(9-18,10-19)12-2-1-3-13(20)7-12/h1-7H,8-10H2. The van der Waals surface area contributed by atoms with Crippen LogP contribution >= 0.6 is 39.1 Å². The first kappa shape index (κ1) is 16.7. The van der Waals surface area contributed by atoms with Crippen LogP contribution < -0.4 is 0 Å². The SMILES string of the molecule is Fc1cccc(C(CCl)(CCl)Cc2cc(F)ccc2Br)c1. The first-order chi connectivity index (χ1) is 10.0. The maximum Gasteiger partial charge on any atom is 0.123 e. The summed E-state index contributed by atoms with van der Waals surface area (Å²) in [4.78, 5) is 0. The lowest BCUT2D eigenvalue weighted by atomic mass is 9.78. The average molecular weight is 394 g/mol. The molecule has 0 aromatic heterocycles. The van der Waals surface area contributed by atoms with E-state index in [1.165, 1.54) is 24.3 Å². The van der Waals surface area contributed by atoms with Crippen molar-refractivity contribution >= 4 is 39.1 Å². The first-order valence-electron chi connectivity index (χ1n) is 6.33. The molecule has 0 fully saturated rings. The minimum Gasteiger partial charge on any atom is -0.207 e. The molecule has 0 aliphatic rings. The third kappa shape index (κ3) is 3.77. The maximum atomic E-state index is 13.5. The molecule has 112 valence electrons. The number of rotatable bonds is 5. The van der Waals surface area contributed by atoms with Gasteiger partial charge in [0.1, 0.15) is 11.6 Å². The van der Waals surface area contributed by atoms with Crippen molar-refractivity contribution in [2.24, 2.45) is 0 Å². The summed E-state index contributed by atoms with van der Waals surface area (Å²) < 4.78 is 27.7.